The van der Waals surface area contributed by atoms with Crippen molar-refractivity contribution in [1.29, 1.82) is 0 Å². The second kappa shape index (κ2) is 6.20. The van der Waals surface area contributed by atoms with E-state index in [4.69, 9.17) is 5.73 Å². The van der Waals surface area contributed by atoms with E-state index in [2.05, 4.69) is 22.6 Å². The van der Waals surface area contributed by atoms with Crippen LogP contribution in [-0.4, -0.2) is 19.0 Å². The first-order valence-corrected chi connectivity index (χ1v) is 6.41. The number of nitrogens with two attached hydrogens (primary N) is 1. The number of halogens is 1. The Kier molecular flexibility index (Phi) is 5.21. The van der Waals surface area contributed by atoms with Crippen molar-refractivity contribution < 1.29 is 4.79 Å². The molecule has 0 atom stereocenters. The number of rotatable bonds is 4. The van der Waals surface area contributed by atoms with Crippen molar-refractivity contribution in [1.82, 2.24) is 0 Å². The molecule has 0 radical (unpaired) electrons. The highest BCUT2D eigenvalue weighted by Gasteiger charge is 2.17. The van der Waals surface area contributed by atoms with Gasteiger partial charge in [-0.25, -0.2) is 0 Å². The number of carbonyl (C=O) groups is 1. The molecule has 16 heavy (non-hydrogen) atoms. The Bertz CT molecular complexity index is 349. The van der Waals surface area contributed by atoms with E-state index in [1.54, 1.807) is 4.90 Å². The van der Waals surface area contributed by atoms with Crippen molar-refractivity contribution in [2.75, 3.05) is 18.0 Å². The van der Waals surface area contributed by atoms with Gasteiger partial charge in [0, 0.05) is 28.3 Å². The van der Waals surface area contributed by atoms with Crippen molar-refractivity contribution in [3.05, 3.63) is 27.8 Å². The van der Waals surface area contributed by atoms with E-state index in [1.165, 1.54) is 0 Å². The van der Waals surface area contributed by atoms with Gasteiger partial charge in [-0.1, -0.05) is 13.8 Å². The maximum absolute atomic E-state index is 12.0. The molecular weight excluding hydrogens is 315 g/mol. The normalized spacial score (nSPS) is 10.6. The fourth-order valence-corrected chi connectivity index (χ4v) is 1.79. The Morgan fingerprint density at radius 1 is 1.38 bits per heavy atom. The zero-order valence-corrected chi connectivity index (χ0v) is 11.8. The number of nitrogens with zero attached hydrogens (tertiary/aromatic N) is 1. The molecule has 0 fully saturated rings. The Balaban J connectivity index is 2.93. The first-order chi connectivity index (χ1) is 7.56. The van der Waals surface area contributed by atoms with E-state index in [0.717, 1.165) is 9.26 Å². The molecule has 1 rings (SSSR count). The number of hydrogen-bond acceptors (Lipinski definition) is 2. The third kappa shape index (κ3) is 3.45. The predicted octanol–water partition coefficient (Wildman–Crippen LogP) is 2.24. The summed E-state index contributed by atoms with van der Waals surface area (Å²) < 4.78 is 1.16. The lowest BCUT2D eigenvalue weighted by Gasteiger charge is -2.24. The van der Waals surface area contributed by atoms with Gasteiger partial charge in [0.05, 0.1) is 0 Å². The van der Waals surface area contributed by atoms with Gasteiger partial charge in [0.15, 0.2) is 0 Å². The summed E-state index contributed by atoms with van der Waals surface area (Å²) in [5.74, 6) is 0.109. The first kappa shape index (κ1) is 13.4. The third-order valence-electron chi connectivity index (χ3n) is 2.25. The van der Waals surface area contributed by atoms with E-state index in [9.17, 15) is 4.79 Å². The molecule has 0 aliphatic rings. The summed E-state index contributed by atoms with van der Waals surface area (Å²) >= 11 is 2.24. The molecule has 0 heterocycles. The molecule has 0 spiro atoms. The van der Waals surface area contributed by atoms with Gasteiger partial charge in [0.25, 0.3) is 0 Å². The average Bonchev–Trinajstić information content (AvgIpc) is 2.26. The fraction of sp³-hybridized carbons (Fsp3) is 0.417. The molecule has 1 aromatic carbocycles. The van der Waals surface area contributed by atoms with Gasteiger partial charge in [-0.2, -0.15) is 0 Å². The van der Waals surface area contributed by atoms with Gasteiger partial charge in [-0.3, -0.25) is 4.79 Å². The minimum Gasteiger partial charge on any atom is -0.329 e. The Morgan fingerprint density at radius 3 is 2.38 bits per heavy atom. The summed E-state index contributed by atoms with van der Waals surface area (Å²) in [4.78, 5) is 13.7. The second-order valence-electron chi connectivity index (χ2n) is 3.91. The molecular formula is C12H17IN2O. The molecule has 0 bridgehead atoms. The van der Waals surface area contributed by atoms with Crippen LogP contribution < -0.4 is 10.6 Å². The maximum Gasteiger partial charge on any atom is 0.229 e. The molecule has 88 valence electrons. The van der Waals surface area contributed by atoms with Gasteiger partial charge < -0.3 is 10.6 Å². The van der Waals surface area contributed by atoms with Crippen LogP contribution in [0.5, 0.6) is 0 Å². The van der Waals surface area contributed by atoms with E-state index in [-0.39, 0.29) is 11.8 Å². The van der Waals surface area contributed by atoms with E-state index >= 15 is 0 Å². The topological polar surface area (TPSA) is 46.3 Å². The highest BCUT2D eigenvalue weighted by molar-refractivity contribution is 14.1. The molecule has 0 unspecified atom stereocenters. The molecule has 2 N–H and O–H groups in total. The van der Waals surface area contributed by atoms with Crippen LogP contribution in [0.4, 0.5) is 5.69 Å². The minimum atomic E-state index is -0.00849. The first-order valence-electron chi connectivity index (χ1n) is 5.33. The molecule has 0 aliphatic heterocycles. The van der Waals surface area contributed by atoms with Crippen molar-refractivity contribution >= 4 is 34.2 Å². The van der Waals surface area contributed by atoms with Crippen LogP contribution in [0.3, 0.4) is 0 Å². The SMILES string of the molecule is CC(C)C(=O)N(CCN)c1ccc(I)cc1. The number of anilines is 1. The van der Waals surface area contributed by atoms with Crippen molar-refractivity contribution in [3.63, 3.8) is 0 Å². The number of hydrogen-bond donors (Lipinski definition) is 1. The summed E-state index contributed by atoms with van der Waals surface area (Å²) in [6.07, 6.45) is 0. The molecule has 1 aromatic rings. The van der Waals surface area contributed by atoms with Gasteiger partial charge in [-0.15, -0.1) is 0 Å². The summed E-state index contributed by atoms with van der Waals surface area (Å²) in [6, 6.07) is 7.90. The predicted molar refractivity (Wildman–Crippen MR) is 75.4 cm³/mol. The van der Waals surface area contributed by atoms with Gasteiger partial charge >= 0.3 is 0 Å². The average molecular weight is 332 g/mol. The van der Waals surface area contributed by atoms with E-state index < -0.39 is 0 Å². The Labute approximate surface area is 110 Å². The quantitative estimate of drug-likeness (QED) is 0.860. The Morgan fingerprint density at radius 2 is 1.94 bits per heavy atom. The van der Waals surface area contributed by atoms with Crippen LogP contribution in [0, 0.1) is 9.49 Å². The molecule has 1 amide bonds. The van der Waals surface area contributed by atoms with Crippen molar-refractivity contribution in [2.24, 2.45) is 11.7 Å². The van der Waals surface area contributed by atoms with Gasteiger partial charge in [0.2, 0.25) is 5.91 Å². The van der Waals surface area contributed by atoms with Crippen LogP contribution in [0.25, 0.3) is 0 Å². The van der Waals surface area contributed by atoms with Gasteiger partial charge in [-0.05, 0) is 46.9 Å². The van der Waals surface area contributed by atoms with E-state index in [0.29, 0.717) is 13.1 Å². The third-order valence-corrected chi connectivity index (χ3v) is 2.97. The zero-order valence-electron chi connectivity index (χ0n) is 9.61. The van der Waals surface area contributed by atoms with Crippen LogP contribution in [0.15, 0.2) is 24.3 Å². The molecule has 3 nitrogen and oxygen atoms in total. The summed E-state index contributed by atoms with van der Waals surface area (Å²) in [5.41, 5.74) is 6.46. The lowest BCUT2D eigenvalue weighted by molar-refractivity contribution is -0.121. The minimum absolute atomic E-state index is 0.00849. The van der Waals surface area contributed by atoms with Crippen LogP contribution in [0.2, 0.25) is 0 Å². The highest BCUT2D eigenvalue weighted by Crippen LogP contribution is 2.18. The van der Waals surface area contributed by atoms with Crippen LogP contribution in [0.1, 0.15) is 13.8 Å². The van der Waals surface area contributed by atoms with Crippen LogP contribution in [-0.2, 0) is 4.79 Å². The highest BCUT2D eigenvalue weighted by atomic mass is 127. The number of carbonyl (C=O) groups excluding carboxylic acids is 1. The zero-order chi connectivity index (χ0) is 12.1. The monoisotopic (exact) mass is 332 g/mol. The lowest BCUT2D eigenvalue weighted by atomic mass is 10.1. The largest absolute Gasteiger partial charge is 0.329 e. The number of benzene rings is 1. The number of amides is 1. The van der Waals surface area contributed by atoms with E-state index in [1.807, 2.05) is 38.1 Å². The smallest absolute Gasteiger partial charge is 0.229 e. The summed E-state index contributed by atoms with van der Waals surface area (Å²) in [7, 11) is 0. The standard InChI is InChI=1S/C12H17IN2O/c1-9(2)12(16)15(8-7-14)11-5-3-10(13)4-6-11/h3-6,9H,7-8,14H2,1-2H3. The Hall–Kier alpha value is -0.620. The molecule has 0 aliphatic carbocycles. The van der Waals surface area contributed by atoms with Crippen molar-refractivity contribution in [3.8, 4) is 0 Å². The summed E-state index contributed by atoms with van der Waals surface area (Å²) in [5, 5.41) is 0. The molecule has 0 saturated heterocycles. The van der Waals surface area contributed by atoms with Crippen LogP contribution >= 0.6 is 22.6 Å². The van der Waals surface area contributed by atoms with Crippen molar-refractivity contribution in [2.45, 2.75) is 13.8 Å². The fourth-order valence-electron chi connectivity index (χ4n) is 1.43. The maximum atomic E-state index is 12.0. The molecule has 0 aromatic heterocycles. The molecule has 4 heteroatoms. The lowest BCUT2D eigenvalue weighted by Crippen LogP contribution is -2.38. The summed E-state index contributed by atoms with van der Waals surface area (Å²) in [6.45, 7) is 4.85. The molecule has 0 saturated carbocycles. The van der Waals surface area contributed by atoms with Gasteiger partial charge in [0.1, 0.15) is 0 Å². The second-order valence-corrected chi connectivity index (χ2v) is 5.16.